The normalized spacial score (nSPS) is 16.3. The Labute approximate surface area is 114 Å². The van der Waals surface area contributed by atoms with Crippen LogP contribution < -0.4 is 5.32 Å². The number of hydrogen-bond acceptors (Lipinski definition) is 3. The Bertz CT molecular complexity index is 517. The Hall–Kier alpha value is -1.74. The molecule has 3 nitrogen and oxygen atoms in total. The van der Waals surface area contributed by atoms with Crippen molar-refractivity contribution in [3.63, 3.8) is 0 Å². The molecule has 3 heteroatoms. The fraction of sp³-hybridized carbons (Fsp3) is 0.375. The number of nitrogens with one attached hydrogen (secondary N) is 1. The monoisotopic (exact) mass is 253 g/mol. The van der Waals surface area contributed by atoms with Crippen LogP contribution in [0.2, 0.25) is 0 Å². The van der Waals surface area contributed by atoms with Gasteiger partial charge in [0.2, 0.25) is 0 Å². The summed E-state index contributed by atoms with van der Waals surface area (Å²) in [7, 11) is 0. The highest BCUT2D eigenvalue weighted by molar-refractivity contribution is 5.25. The van der Waals surface area contributed by atoms with Gasteiger partial charge >= 0.3 is 0 Å². The average Bonchev–Trinajstić information content (AvgIpc) is 3.27. The van der Waals surface area contributed by atoms with E-state index in [1.807, 2.05) is 12.1 Å². The maximum Gasteiger partial charge on any atom is 0.0769 e. The molecule has 0 amide bonds. The van der Waals surface area contributed by atoms with E-state index < -0.39 is 0 Å². The van der Waals surface area contributed by atoms with Crippen molar-refractivity contribution in [3.05, 3.63) is 59.4 Å². The first-order valence-electron chi connectivity index (χ1n) is 6.89. The van der Waals surface area contributed by atoms with E-state index in [9.17, 15) is 0 Å². The number of aryl methyl sites for hydroxylation is 1. The molecule has 19 heavy (non-hydrogen) atoms. The van der Waals surface area contributed by atoms with E-state index >= 15 is 0 Å². The van der Waals surface area contributed by atoms with Crippen molar-refractivity contribution in [3.8, 4) is 0 Å². The lowest BCUT2D eigenvalue weighted by atomic mass is 10.0. The van der Waals surface area contributed by atoms with Gasteiger partial charge in [-0.05, 0) is 43.4 Å². The van der Waals surface area contributed by atoms with E-state index in [0.29, 0.717) is 6.04 Å². The molecule has 1 aliphatic carbocycles. The van der Waals surface area contributed by atoms with Crippen LogP contribution in [0.1, 0.15) is 35.7 Å². The highest BCUT2D eigenvalue weighted by Gasteiger charge is 2.31. The van der Waals surface area contributed by atoms with Gasteiger partial charge in [0.05, 0.1) is 5.69 Å². The van der Waals surface area contributed by atoms with Gasteiger partial charge in [0.25, 0.3) is 0 Å². The van der Waals surface area contributed by atoms with Crippen LogP contribution >= 0.6 is 0 Å². The maximum absolute atomic E-state index is 4.13. The highest BCUT2D eigenvalue weighted by atomic mass is 15.1. The summed E-state index contributed by atoms with van der Waals surface area (Å²) in [6.07, 6.45) is 4.36. The summed E-state index contributed by atoms with van der Waals surface area (Å²) >= 11 is 0. The zero-order valence-corrected chi connectivity index (χ0v) is 11.2. The van der Waals surface area contributed by atoms with Crippen molar-refractivity contribution >= 4 is 0 Å². The Kier molecular flexibility index (Phi) is 3.56. The summed E-state index contributed by atoms with van der Waals surface area (Å²) in [5.41, 5.74) is 3.70. The zero-order valence-electron chi connectivity index (χ0n) is 11.2. The topological polar surface area (TPSA) is 37.8 Å². The van der Waals surface area contributed by atoms with Gasteiger partial charge in [-0.25, -0.2) is 0 Å². The fourth-order valence-corrected chi connectivity index (χ4v) is 2.40. The van der Waals surface area contributed by atoms with Crippen molar-refractivity contribution in [2.75, 3.05) is 0 Å². The molecule has 0 spiro atoms. The molecule has 3 rings (SSSR count). The molecular formula is C16H19N3. The number of aromatic nitrogens is 2. The molecule has 1 aliphatic rings. The zero-order chi connectivity index (χ0) is 13.1. The summed E-state index contributed by atoms with van der Waals surface area (Å²) in [6.45, 7) is 2.91. The smallest absolute Gasteiger partial charge is 0.0769 e. The standard InChI is InChI=1S/C16H19N3/c1-12-4-6-13(7-5-12)16(14-8-9-14)17-11-15-3-2-10-18-19-15/h2-7,10,14,16-17H,8-9,11H2,1H3. The molecule has 1 saturated carbocycles. The third kappa shape index (κ3) is 3.18. The van der Waals surface area contributed by atoms with E-state index in [-0.39, 0.29) is 0 Å². The predicted molar refractivity (Wildman–Crippen MR) is 75.5 cm³/mol. The molecule has 1 heterocycles. The minimum Gasteiger partial charge on any atom is -0.304 e. The molecule has 1 unspecified atom stereocenters. The van der Waals surface area contributed by atoms with E-state index in [1.54, 1.807) is 6.20 Å². The van der Waals surface area contributed by atoms with Gasteiger partial charge < -0.3 is 5.32 Å². The van der Waals surface area contributed by atoms with Gasteiger partial charge in [-0.15, -0.1) is 0 Å². The van der Waals surface area contributed by atoms with Gasteiger partial charge in [0, 0.05) is 18.8 Å². The van der Waals surface area contributed by atoms with E-state index in [0.717, 1.165) is 18.2 Å². The van der Waals surface area contributed by atoms with Crippen molar-refractivity contribution in [1.82, 2.24) is 15.5 Å². The molecule has 1 aromatic carbocycles. The van der Waals surface area contributed by atoms with Crippen LogP contribution in [0.15, 0.2) is 42.6 Å². The predicted octanol–water partition coefficient (Wildman–Crippen LogP) is 3.03. The molecule has 0 radical (unpaired) electrons. The lowest BCUT2D eigenvalue weighted by molar-refractivity contribution is 0.475. The van der Waals surface area contributed by atoms with Crippen LogP contribution in [0.5, 0.6) is 0 Å². The average molecular weight is 253 g/mol. The Morgan fingerprint density at radius 3 is 2.63 bits per heavy atom. The lowest BCUT2D eigenvalue weighted by Crippen LogP contribution is -2.23. The molecule has 1 aromatic heterocycles. The molecule has 98 valence electrons. The third-order valence-corrected chi connectivity index (χ3v) is 3.66. The Morgan fingerprint density at radius 1 is 1.21 bits per heavy atom. The number of hydrogen-bond donors (Lipinski definition) is 1. The van der Waals surface area contributed by atoms with Crippen molar-refractivity contribution in [2.24, 2.45) is 5.92 Å². The molecule has 1 fully saturated rings. The SMILES string of the molecule is Cc1ccc(C(NCc2cccnn2)C2CC2)cc1. The van der Waals surface area contributed by atoms with Crippen molar-refractivity contribution < 1.29 is 0 Å². The fourth-order valence-electron chi connectivity index (χ4n) is 2.40. The van der Waals surface area contributed by atoms with Gasteiger partial charge in [-0.2, -0.15) is 10.2 Å². The van der Waals surface area contributed by atoms with E-state index in [4.69, 9.17) is 0 Å². The Morgan fingerprint density at radius 2 is 2.00 bits per heavy atom. The molecule has 2 aromatic rings. The van der Waals surface area contributed by atoms with E-state index in [2.05, 4.69) is 46.7 Å². The van der Waals surface area contributed by atoms with Gasteiger partial charge in [0.15, 0.2) is 0 Å². The molecule has 0 aliphatic heterocycles. The first-order chi connectivity index (χ1) is 9.33. The third-order valence-electron chi connectivity index (χ3n) is 3.66. The minimum absolute atomic E-state index is 0.447. The summed E-state index contributed by atoms with van der Waals surface area (Å²) in [5, 5.41) is 11.7. The largest absolute Gasteiger partial charge is 0.304 e. The van der Waals surface area contributed by atoms with Crippen molar-refractivity contribution in [1.29, 1.82) is 0 Å². The molecule has 1 N–H and O–H groups in total. The second-order valence-electron chi connectivity index (χ2n) is 5.32. The quantitative estimate of drug-likeness (QED) is 0.890. The minimum atomic E-state index is 0.447. The first-order valence-corrected chi connectivity index (χ1v) is 6.89. The van der Waals surface area contributed by atoms with Crippen LogP contribution in [0, 0.1) is 12.8 Å². The van der Waals surface area contributed by atoms with Gasteiger partial charge in [-0.3, -0.25) is 0 Å². The van der Waals surface area contributed by atoms with E-state index in [1.165, 1.54) is 24.0 Å². The molecular weight excluding hydrogens is 234 g/mol. The first kappa shape index (κ1) is 12.3. The number of rotatable bonds is 5. The molecule has 1 atom stereocenters. The maximum atomic E-state index is 4.13. The second kappa shape index (κ2) is 5.49. The van der Waals surface area contributed by atoms with Gasteiger partial charge in [0.1, 0.15) is 0 Å². The van der Waals surface area contributed by atoms with Crippen LogP contribution in [-0.2, 0) is 6.54 Å². The lowest BCUT2D eigenvalue weighted by Gasteiger charge is -2.18. The molecule has 0 saturated heterocycles. The van der Waals surface area contributed by atoms with Crippen LogP contribution in [-0.4, -0.2) is 10.2 Å². The highest BCUT2D eigenvalue weighted by Crippen LogP contribution is 2.41. The van der Waals surface area contributed by atoms with Crippen LogP contribution in [0.4, 0.5) is 0 Å². The summed E-state index contributed by atoms with van der Waals surface area (Å²) in [4.78, 5) is 0. The summed E-state index contributed by atoms with van der Waals surface area (Å²) in [6, 6.07) is 13.2. The van der Waals surface area contributed by atoms with Gasteiger partial charge in [-0.1, -0.05) is 29.8 Å². The second-order valence-corrected chi connectivity index (χ2v) is 5.32. The van der Waals surface area contributed by atoms with Crippen LogP contribution in [0.3, 0.4) is 0 Å². The number of benzene rings is 1. The van der Waals surface area contributed by atoms with Crippen LogP contribution in [0.25, 0.3) is 0 Å². The summed E-state index contributed by atoms with van der Waals surface area (Å²) < 4.78 is 0. The number of nitrogens with zero attached hydrogens (tertiary/aromatic N) is 2. The van der Waals surface area contributed by atoms with Crippen molar-refractivity contribution in [2.45, 2.75) is 32.4 Å². The Balaban J connectivity index is 1.69. The summed E-state index contributed by atoms with van der Waals surface area (Å²) in [5.74, 6) is 0.777. The molecule has 0 bridgehead atoms.